The maximum atomic E-state index is 12.4. The van der Waals surface area contributed by atoms with E-state index in [1.54, 1.807) is 12.4 Å². The van der Waals surface area contributed by atoms with Gasteiger partial charge in [-0.2, -0.15) is 0 Å². The number of H-pyrrole nitrogens is 1. The third kappa shape index (κ3) is 2.97. The number of nitrogens with one attached hydrogen (secondary N) is 1. The Morgan fingerprint density at radius 3 is 2.90 bits per heavy atom. The first-order chi connectivity index (χ1) is 13.9. The van der Waals surface area contributed by atoms with Crippen LogP contribution in [-0.4, -0.2) is 59.4 Å². The molecule has 0 bridgehead atoms. The zero-order valence-corrected chi connectivity index (χ0v) is 17.0. The third-order valence-corrected chi connectivity index (χ3v) is 6.38. The minimum absolute atomic E-state index is 0.175. The van der Waals surface area contributed by atoms with Crippen molar-refractivity contribution in [3.05, 3.63) is 42.9 Å². The van der Waals surface area contributed by atoms with Crippen LogP contribution in [0.25, 0.3) is 33.3 Å². The van der Waals surface area contributed by atoms with Crippen LogP contribution in [0, 0.1) is 0 Å². The first kappa shape index (κ1) is 18.1. The molecule has 0 saturated carbocycles. The molecule has 4 aromatic heterocycles. The lowest BCUT2D eigenvalue weighted by molar-refractivity contribution is 0.0991. The van der Waals surface area contributed by atoms with E-state index in [1.807, 2.05) is 30.5 Å². The number of aromatic amines is 1. The number of morpholine rings is 1. The largest absolute Gasteiger partial charge is 0.377 e. The first-order valence-corrected chi connectivity index (χ1v) is 11.3. The van der Waals surface area contributed by atoms with Gasteiger partial charge < -0.3 is 14.6 Å². The van der Waals surface area contributed by atoms with E-state index in [9.17, 15) is 8.42 Å². The molecule has 29 heavy (non-hydrogen) atoms. The number of aromatic nitrogens is 4. The average Bonchev–Trinajstić information content (AvgIpc) is 3.34. The van der Waals surface area contributed by atoms with Crippen molar-refractivity contribution in [2.75, 3.05) is 30.9 Å². The molecular weight excluding hydrogens is 390 g/mol. The predicted molar refractivity (Wildman–Crippen MR) is 113 cm³/mol. The van der Waals surface area contributed by atoms with Gasteiger partial charge in [-0.3, -0.25) is 0 Å². The average molecular weight is 411 g/mol. The highest BCUT2D eigenvalue weighted by atomic mass is 32.2. The second kappa shape index (κ2) is 6.57. The molecule has 9 heteroatoms. The summed E-state index contributed by atoms with van der Waals surface area (Å²) in [6.45, 7) is 4.10. The molecular formula is C20H21N5O3S. The molecule has 5 heterocycles. The van der Waals surface area contributed by atoms with Gasteiger partial charge in [-0.25, -0.2) is 22.4 Å². The van der Waals surface area contributed by atoms with E-state index in [0.29, 0.717) is 24.6 Å². The number of hydrogen-bond acceptors (Lipinski definition) is 6. The van der Waals surface area contributed by atoms with Gasteiger partial charge in [0.1, 0.15) is 5.65 Å². The fourth-order valence-corrected chi connectivity index (χ4v) is 4.72. The lowest BCUT2D eigenvalue weighted by Gasteiger charge is -2.35. The molecule has 1 saturated heterocycles. The van der Waals surface area contributed by atoms with Crippen molar-refractivity contribution >= 4 is 37.8 Å². The van der Waals surface area contributed by atoms with Gasteiger partial charge in [0.15, 0.2) is 5.65 Å². The lowest BCUT2D eigenvalue weighted by atomic mass is 10.1. The summed E-state index contributed by atoms with van der Waals surface area (Å²) >= 11 is 0. The lowest BCUT2D eigenvalue weighted by Crippen LogP contribution is -2.43. The van der Waals surface area contributed by atoms with Crippen molar-refractivity contribution in [1.29, 1.82) is 0 Å². The Morgan fingerprint density at radius 2 is 2.10 bits per heavy atom. The van der Waals surface area contributed by atoms with Gasteiger partial charge in [0, 0.05) is 47.5 Å². The number of anilines is 1. The molecule has 1 aliphatic rings. The van der Waals surface area contributed by atoms with Crippen molar-refractivity contribution in [3.63, 3.8) is 0 Å². The second-order valence-electron chi connectivity index (χ2n) is 7.35. The number of hydrogen-bond donors (Lipinski definition) is 1. The Labute approximate surface area is 168 Å². The maximum absolute atomic E-state index is 12.4. The Kier molecular flexibility index (Phi) is 4.11. The maximum Gasteiger partial charge on any atom is 0.237 e. The summed E-state index contributed by atoms with van der Waals surface area (Å²) in [5, 5.41) is 1.75. The minimum atomic E-state index is -3.49. The molecule has 0 aromatic carbocycles. The Hall–Kier alpha value is -2.91. The highest BCUT2D eigenvalue weighted by Gasteiger charge is 2.25. The molecule has 0 aliphatic carbocycles. The van der Waals surface area contributed by atoms with Crippen LogP contribution in [-0.2, 0) is 14.8 Å². The molecule has 1 unspecified atom stereocenters. The molecule has 5 rings (SSSR count). The summed E-state index contributed by atoms with van der Waals surface area (Å²) in [6.07, 6.45) is 6.33. The highest BCUT2D eigenvalue weighted by molar-refractivity contribution is 7.89. The summed E-state index contributed by atoms with van der Waals surface area (Å²) in [6, 6.07) is 7.90. The SMILES string of the molecule is CC1COCCN1c1cc(-c2ccnc3[nH]ccc23)nc2c1ccn2S(C)(=O)=O. The van der Waals surface area contributed by atoms with Crippen LogP contribution in [0.4, 0.5) is 5.69 Å². The van der Waals surface area contributed by atoms with Crippen molar-refractivity contribution < 1.29 is 13.2 Å². The molecule has 1 aliphatic heterocycles. The summed E-state index contributed by atoms with van der Waals surface area (Å²) in [5.74, 6) is 0. The quantitative estimate of drug-likeness (QED) is 0.557. The molecule has 150 valence electrons. The number of pyridine rings is 2. The van der Waals surface area contributed by atoms with Crippen LogP contribution in [0.15, 0.2) is 42.9 Å². The van der Waals surface area contributed by atoms with Gasteiger partial charge in [0.25, 0.3) is 0 Å². The Morgan fingerprint density at radius 1 is 1.24 bits per heavy atom. The van der Waals surface area contributed by atoms with Crippen LogP contribution in [0.5, 0.6) is 0 Å². The molecule has 0 radical (unpaired) electrons. The highest BCUT2D eigenvalue weighted by Crippen LogP contribution is 2.35. The van der Waals surface area contributed by atoms with E-state index in [4.69, 9.17) is 9.72 Å². The van der Waals surface area contributed by atoms with Crippen LogP contribution in [0.2, 0.25) is 0 Å². The fraction of sp³-hybridized carbons (Fsp3) is 0.300. The summed E-state index contributed by atoms with van der Waals surface area (Å²) < 4.78 is 31.5. The Balaban J connectivity index is 1.82. The predicted octanol–water partition coefficient (Wildman–Crippen LogP) is 2.61. The third-order valence-electron chi connectivity index (χ3n) is 5.37. The van der Waals surface area contributed by atoms with Crippen molar-refractivity contribution in [2.24, 2.45) is 0 Å². The van der Waals surface area contributed by atoms with Crippen molar-refractivity contribution in [2.45, 2.75) is 13.0 Å². The first-order valence-electron chi connectivity index (χ1n) is 9.43. The van der Waals surface area contributed by atoms with Crippen molar-refractivity contribution in [3.8, 4) is 11.3 Å². The molecule has 4 aromatic rings. The molecule has 8 nitrogen and oxygen atoms in total. The fourth-order valence-electron chi connectivity index (χ4n) is 3.98. The molecule has 1 N–H and O–H groups in total. The van der Waals surface area contributed by atoms with Crippen LogP contribution in [0.3, 0.4) is 0 Å². The monoisotopic (exact) mass is 411 g/mol. The minimum Gasteiger partial charge on any atom is -0.377 e. The normalized spacial score (nSPS) is 18.0. The van der Waals surface area contributed by atoms with Crippen LogP contribution >= 0.6 is 0 Å². The number of ether oxygens (including phenoxy) is 1. The van der Waals surface area contributed by atoms with E-state index in [1.165, 1.54) is 10.2 Å². The van der Waals surface area contributed by atoms with Crippen molar-refractivity contribution in [1.82, 2.24) is 18.9 Å². The van der Waals surface area contributed by atoms with Gasteiger partial charge in [-0.15, -0.1) is 0 Å². The number of fused-ring (bicyclic) bond motifs is 2. The smallest absolute Gasteiger partial charge is 0.237 e. The summed E-state index contributed by atoms with van der Waals surface area (Å²) in [4.78, 5) is 14.5. The van der Waals surface area contributed by atoms with Gasteiger partial charge >= 0.3 is 0 Å². The van der Waals surface area contributed by atoms with E-state index < -0.39 is 10.0 Å². The van der Waals surface area contributed by atoms with Crippen LogP contribution in [0.1, 0.15) is 6.92 Å². The van der Waals surface area contributed by atoms with E-state index >= 15 is 0 Å². The molecule has 0 amide bonds. The Bertz CT molecular complexity index is 1320. The topological polar surface area (TPSA) is 93.1 Å². The van der Waals surface area contributed by atoms with Crippen LogP contribution < -0.4 is 4.90 Å². The molecule has 0 spiro atoms. The molecule has 1 atom stereocenters. The van der Waals surface area contributed by atoms with Gasteiger partial charge in [-0.1, -0.05) is 0 Å². The zero-order valence-electron chi connectivity index (χ0n) is 16.2. The summed E-state index contributed by atoms with van der Waals surface area (Å²) in [5.41, 5.74) is 3.77. The van der Waals surface area contributed by atoms with E-state index in [-0.39, 0.29) is 6.04 Å². The van der Waals surface area contributed by atoms with E-state index in [0.717, 1.165) is 34.2 Å². The van der Waals surface area contributed by atoms with E-state index in [2.05, 4.69) is 21.8 Å². The summed E-state index contributed by atoms with van der Waals surface area (Å²) in [7, 11) is -3.49. The van der Waals surface area contributed by atoms with Gasteiger partial charge in [0.05, 0.1) is 30.9 Å². The van der Waals surface area contributed by atoms with Gasteiger partial charge in [0.2, 0.25) is 10.0 Å². The standard InChI is InChI=1S/C20H21N5O3S/c1-13-12-28-10-9-24(13)18-11-17(14-3-6-21-19-15(14)4-7-22-19)23-20-16(18)5-8-25(20)29(2,26)27/h3-8,11,13H,9-10,12H2,1-2H3,(H,21,22). The molecule has 1 fully saturated rings. The number of nitrogens with zero attached hydrogens (tertiary/aromatic N) is 4. The second-order valence-corrected chi connectivity index (χ2v) is 9.21. The van der Waals surface area contributed by atoms with Gasteiger partial charge in [-0.05, 0) is 31.2 Å². The number of rotatable bonds is 3. The zero-order chi connectivity index (χ0) is 20.2.